The van der Waals surface area contributed by atoms with Gasteiger partial charge in [-0.3, -0.25) is 4.79 Å². The molecule has 1 aromatic carbocycles. The van der Waals surface area contributed by atoms with Crippen LogP contribution in [0.3, 0.4) is 0 Å². The first-order valence-electron chi connectivity index (χ1n) is 4.66. The van der Waals surface area contributed by atoms with Gasteiger partial charge in [-0.25, -0.2) is 0 Å². The van der Waals surface area contributed by atoms with E-state index in [1.807, 2.05) is 26.0 Å². The third-order valence-electron chi connectivity index (χ3n) is 2.34. The molecule has 0 heterocycles. The molecule has 0 aromatic heterocycles. The zero-order valence-corrected chi connectivity index (χ0v) is 9.51. The highest BCUT2D eigenvalue weighted by atomic mass is 35.5. The van der Waals surface area contributed by atoms with Crippen LogP contribution in [-0.4, -0.2) is 11.1 Å². The van der Waals surface area contributed by atoms with E-state index in [9.17, 15) is 4.79 Å². The summed E-state index contributed by atoms with van der Waals surface area (Å²) in [6, 6.07) is 3.19. The molecule has 1 aromatic rings. The van der Waals surface area contributed by atoms with Crippen LogP contribution in [0.2, 0.25) is 5.02 Å². The van der Waals surface area contributed by atoms with E-state index in [1.54, 1.807) is 0 Å². The summed E-state index contributed by atoms with van der Waals surface area (Å²) >= 11 is 5.94. The summed E-state index contributed by atoms with van der Waals surface area (Å²) < 4.78 is 0. The monoisotopic (exact) mass is 227 g/mol. The predicted octanol–water partition coefficient (Wildman–Crippen LogP) is 2.43. The van der Waals surface area contributed by atoms with Crippen LogP contribution in [0.5, 0.6) is 0 Å². The zero-order valence-electron chi connectivity index (χ0n) is 8.75. The summed E-state index contributed by atoms with van der Waals surface area (Å²) in [6.07, 6.45) is -0.0675. The molecule has 0 aliphatic carbocycles. The summed E-state index contributed by atoms with van der Waals surface area (Å²) in [4.78, 5) is 10.5. The first-order chi connectivity index (χ1) is 6.91. The average Bonchev–Trinajstić information content (AvgIpc) is 2.09. The average molecular weight is 228 g/mol. The lowest BCUT2D eigenvalue weighted by Gasteiger charge is -2.14. The lowest BCUT2D eigenvalue weighted by Crippen LogP contribution is -2.16. The highest BCUT2D eigenvalue weighted by molar-refractivity contribution is 6.31. The largest absolute Gasteiger partial charge is 0.481 e. The molecule has 4 heteroatoms. The highest BCUT2D eigenvalue weighted by Gasteiger charge is 2.14. The van der Waals surface area contributed by atoms with Crippen LogP contribution in [-0.2, 0) is 4.79 Å². The Balaban J connectivity index is 3.03. The molecule has 0 spiro atoms. The number of benzene rings is 1. The molecule has 0 radical (unpaired) electrons. The standard InChI is InChI=1S/C11H14ClNO2/c1-6-4-9(12)7(2)3-8(6)10(13)5-11(14)15/h3-4,10H,5,13H2,1-2H3,(H,14,15). The van der Waals surface area contributed by atoms with Crippen molar-refractivity contribution >= 4 is 17.6 Å². The van der Waals surface area contributed by atoms with E-state index < -0.39 is 12.0 Å². The second kappa shape index (κ2) is 4.64. The number of halogens is 1. The quantitative estimate of drug-likeness (QED) is 0.834. The van der Waals surface area contributed by atoms with Gasteiger partial charge in [0.1, 0.15) is 0 Å². The van der Waals surface area contributed by atoms with Crippen molar-refractivity contribution in [1.29, 1.82) is 0 Å². The van der Waals surface area contributed by atoms with E-state index in [4.69, 9.17) is 22.4 Å². The van der Waals surface area contributed by atoms with Gasteiger partial charge >= 0.3 is 5.97 Å². The van der Waals surface area contributed by atoms with E-state index in [-0.39, 0.29) is 6.42 Å². The van der Waals surface area contributed by atoms with Crippen LogP contribution in [0.25, 0.3) is 0 Å². The van der Waals surface area contributed by atoms with E-state index in [0.29, 0.717) is 5.02 Å². The Morgan fingerprint density at radius 2 is 2.07 bits per heavy atom. The molecule has 0 aliphatic rings. The fraction of sp³-hybridized carbons (Fsp3) is 0.364. The minimum absolute atomic E-state index is 0.0675. The minimum atomic E-state index is -0.894. The highest BCUT2D eigenvalue weighted by Crippen LogP contribution is 2.25. The van der Waals surface area contributed by atoms with Gasteiger partial charge in [-0.15, -0.1) is 0 Å². The third-order valence-corrected chi connectivity index (χ3v) is 2.75. The summed E-state index contributed by atoms with van der Waals surface area (Å²) in [5.74, 6) is -0.894. The summed E-state index contributed by atoms with van der Waals surface area (Å²) in [7, 11) is 0. The third kappa shape index (κ3) is 2.94. The molecule has 0 fully saturated rings. The van der Waals surface area contributed by atoms with Gasteiger partial charge in [0.05, 0.1) is 6.42 Å². The lowest BCUT2D eigenvalue weighted by molar-refractivity contribution is -0.137. The number of nitrogens with two attached hydrogens (primary N) is 1. The van der Waals surface area contributed by atoms with Gasteiger partial charge in [-0.05, 0) is 36.6 Å². The van der Waals surface area contributed by atoms with Gasteiger partial charge in [0.15, 0.2) is 0 Å². The maximum absolute atomic E-state index is 10.5. The molecule has 3 nitrogen and oxygen atoms in total. The zero-order chi connectivity index (χ0) is 11.6. The van der Waals surface area contributed by atoms with E-state index in [0.717, 1.165) is 16.7 Å². The van der Waals surface area contributed by atoms with E-state index in [2.05, 4.69) is 0 Å². The predicted molar refractivity (Wildman–Crippen MR) is 60.1 cm³/mol. The molecule has 0 amide bonds. The second-order valence-corrected chi connectivity index (χ2v) is 4.07. The van der Waals surface area contributed by atoms with Crippen molar-refractivity contribution in [1.82, 2.24) is 0 Å². The number of carboxylic acid groups (broad SMARTS) is 1. The molecular formula is C11H14ClNO2. The van der Waals surface area contributed by atoms with Crippen LogP contribution in [0.15, 0.2) is 12.1 Å². The molecule has 15 heavy (non-hydrogen) atoms. The number of carbonyl (C=O) groups is 1. The Bertz CT molecular complexity index is 390. The smallest absolute Gasteiger partial charge is 0.305 e. The van der Waals surface area contributed by atoms with Gasteiger partial charge in [-0.1, -0.05) is 17.7 Å². The van der Waals surface area contributed by atoms with Crippen LogP contribution >= 0.6 is 11.6 Å². The summed E-state index contributed by atoms with van der Waals surface area (Å²) in [5.41, 5.74) is 8.48. The molecule has 0 bridgehead atoms. The van der Waals surface area contributed by atoms with Crippen molar-refractivity contribution in [3.05, 3.63) is 33.8 Å². The summed E-state index contributed by atoms with van der Waals surface area (Å²) in [6.45, 7) is 3.75. The number of aliphatic carboxylic acids is 1. The van der Waals surface area contributed by atoms with Gasteiger partial charge in [-0.2, -0.15) is 0 Å². The fourth-order valence-corrected chi connectivity index (χ4v) is 1.72. The van der Waals surface area contributed by atoms with Gasteiger partial charge < -0.3 is 10.8 Å². The van der Waals surface area contributed by atoms with Crippen LogP contribution < -0.4 is 5.73 Å². The molecule has 1 rings (SSSR count). The van der Waals surface area contributed by atoms with Crippen molar-refractivity contribution in [3.63, 3.8) is 0 Å². The molecule has 82 valence electrons. The Morgan fingerprint density at radius 3 is 2.60 bits per heavy atom. The number of hydrogen-bond donors (Lipinski definition) is 2. The van der Waals surface area contributed by atoms with Crippen LogP contribution in [0.1, 0.15) is 29.2 Å². The normalized spacial score (nSPS) is 12.5. The first kappa shape index (κ1) is 12.0. The van der Waals surface area contributed by atoms with E-state index in [1.165, 1.54) is 0 Å². The minimum Gasteiger partial charge on any atom is -0.481 e. The Morgan fingerprint density at radius 1 is 1.47 bits per heavy atom. The number of hydrogen-bond acceptors (Lipinski definition) is 2. The SMILES string of the molecule is Cc1cc(C(N)CC(=O)O)c(C)cc1Cl. The van der Waals surface area contributed by atoms with Crippen LogP contribution in [0, 0.1) is 13.8 Å². The van der Waals surface area contributed by atoms with Gasteiger partial charge in [0.2, 0.25) is 0 Å². The molecule has 1 atom stereocenters. The molecule has 3 N–H and O–H groups in total. The maximum Gasteiger partial charge on any atom is 0.305 e. The molecular weight excluding hydrogens is 214 g/mol. The van der Waals surface area contributed by atoms with Gasteiger partial charge in [0.25, 0.3) is 0 Å². The van der Waals surface area contributed by atoms with Gasteiger partial charge in [0, 0.05) is 11.1 Å². The molecule has 1 unspecified atom stereocenters. The topological polar surface area (TPSA) is 63.3 Å². The number of carboxylic acids is 1. The van der Waals surface area contributed by atoms with Crippen molar-refractivity contribution in [3.8, 4) is 0 Å². The molecule has 0 aliphatic heterocycles. The number of aryl methyl sites for hydroxylation is 2. The fourth-order valence-electron chi connectivity index (χ4n) is 1.50. The van der Waals surface area contributed by atoms with Crippen molar-refractivity contribution < 1.29 is 9.90 Å². The van der Waals surface area contributed by atoms with Crippen molar-refractivity contribution in [2.75, 3.05) is 0 Å². The van der Waals surface area contributed by atoms with Crippen molar-refractivity contribution in [2.24, 2.45) is 5.73 Å². The van der Waals surface area contributed by atoms with Crippen molar-refractivity contribution in [2.45, 2.75) is 26.3 Å². The maximum atomic E-state index is 10.5. The Hall–Kier alpha value is -1.06. The molecule has 0 saturated carbocycles. The lowest BCUT2D eigenvalue weighted by atomic mass is 9.97. The number of rotatable bonds is 3. The molecule has 0 saturated heterocycles. The first-order valence-corrected chi connectivity index (χ1v) is 5.03. The Labute approximate surface area is 93.9 Å². The second-order valence-electron chi connectivity index (χ2n) is 3.66. The summed E-state index contributed by atoms with van der Waals surface area (Å²) in [5, 5.41) is 9.33. The Kier molecular flexibility index (Phi) is 3.72. The van der Waals surface area contributed by atoms with E-state index >= 15 is 0 Å². The van der Waals surface area contributed by atoms with Crippen LogP contribution in [0.4, 0.5) is 0 Å².